The quantitative estimate of drug-likeness (QED) is 0.557. The molecule has 1 aromatic heterocycles. The number of amides is 2. The highest BCUT2D eigenvalue weighted by atomic mass is 32.2. The predicted octanol–water partition coefficient (Wildman–Crippen LogP) is 4.30. The number of aromatic nitrogens is 1. The SMILES string of the molecule is CCc1cccc(C)c1NC(=O)Nc1ccc(S(=O)(=O)Nc2cc(C)on2)cc1. The Labute approximate surface area is 169 Å². The first kappa shape index (κ1) is 20.4. The van der Waals surface area contributed by atoms with E-state index in [9.17, 15) is 13.2 Å². The third-order valence-electron chi connectivity index (χ3n) is 4.27. The maximum Gasteiger partial charge on any atom is 0.323 e. The Morgan fingerprint density at radius 3 is 2.41 bits per heavy atom. The molecule has 3 aromatic rings. The van der Waals surface area contributed by atoms with Crippen LogP contribution in [0, 0.1) is 13.8 Å². The van der Waals surface area contributed by atoms with E-state index >= 15 is 0 Å². The number of para-hydroxylation sites is 1. The smallest absolute Gasteiger partial charge is 0.323 e. The van der Waals surface area contributed by atoms with E-state index < -0.39 is 16.1 Å². The maximum atomic E-state index is 12.4. The minimum Gasteiger partial charge on any atom is -0.360 e. The van der Waals surface area contributed by atoms with Gasteiger partial charge in [0.05, 0.1) is 4.90 Å². The number of anilines is 3. The molecule has 0 aliphatic heterocycles. The van der Waals surface area contributed by atoms with E-state index in [1.54, 1.807) is 6.92 Å². The summed E-state index contributed by atoms with van der Waals surface area (Å²) in [5.74, 6) is 0.599. The summed E-state index contributed by atoms with van der Waals surface area (Å²) in [6, 6.07) is 12.7. The molecular weight excluding hydrogens is 392 g/mol. The summed E-state index contributed by atoms with van der Waals surface area (Å²) in [5, 5.41) is 9.18. The van der Waals surface area contributed by atoms with Crippen LogP contribution >= 0.6 is 0 Å². The Kier molecular flexibility index (Phi) is 5.88. The molecular formula is C20H22N4O4S. The third kappa shape index (κ3) is 4.94. The van der Waals surface area contributed by atoms with Gasteiger partial charge >= 0.3 is 6.03 Å². The predicted molar refractivity (Wildman–Crippen MR) is 112 cm³/mol. The largest absolute Gasteiger partial charge is 0.360 e. The van der Waals surface area contributed by atoms with Gasteiger partial charge in [0.25, 0.3) is 10.0 Å². The number of rotatable bonds is 6. The number of carbonyl (C=O) groups is 1. The van der Waals surface area contributed by atoms with Gasteiger partial charge in [0.15, 0.2) is 5.82 Å². The summed E-state index contributed by atoms with van der Waals surface area (Å²) in [6.07, 6.45) is 0.794. The molecule has 29 heavy (non-hydrogen) atoms. The molecule has 2 aromatic carbocycles. The molecule has 2 amide bonds. The minimum absolute atomic E-state index is 0.0382. The first-order valence-corrected chi connectivity index (χ1v) is 10.5. The van der Waals surface area contributed by atoms with Crippen molar-refractivity contribution in [2.45, 2.75) is 32.1 Å². The third-order valence-corrected chi connectivity index (χ3v) is 5.64. The molecule has 1 heterocycles. The Bertz CT molecular complexity index is 1120. The fourth-order valence-corrected chi connectivity index (χ4v) is 3.79. The lowest BCUT2D eigenvalue weighted by Gasteiger charge is -2.14. The van der Waals surface area contributed by atoms with Gasteiger partial charge in [-0.15, -0.1) is 0 Å². The monoisotopic (exact) mass is 414 g/mol. The van der Waals surface area contributed by atoms with Crippen LogP contribution in [0.25, 0.3) is 0 Å². The second-order valence-corrected chi connectivity index (χ2v) is 8.18. The van der Waals surface area contributed by atoms with Crippen molar-refractivity contribution < 1.29 is 17.7 Å². The van der Waals surface area contributed by atoms with Gasteiger partial charge in [0, 0.05) is 17.4 Å². The van der Waals surface area contributed by atoms with Crippen LogP contribution in [0.15, 0.2) is 57.9 Å². The second kappa shape index (κ2) is 8.36. The number of nitrogens with zero attached hydrogens (tertiary/aromatic N) is 1. The van der Waals surface area contributed by atoms with E-state index in [0.29, 0.717) is 11.4 Å². The van der Waals surface area contributed by atoms with Gasteiger partial charge in [0.1, 0.15) is 5.76 Å². The molecule has 0 saturated carbocycles. The lowest BCUT2D eigenvalue weighted by atomic mass is 10.1. The number of carbonyl (C=O) groups excluding carboxylic acids is 1. The number of aryl methyl sites for hydroxylation is 3. The number of sulfonamides is 1. The van der Waals surface area contributed by atoms with Gasteiger partial charge in [-0.25, -0.2) is 13.2 Å². The van der Waals surface area contributed by atoms with Gasteiger partial charge in [-0.3, -0.25) is 4.72 Å². The van der Waals surface area contributed by atoms with Crippen molar-refractivity contribution in [2.24, 2.45) is 0 Å². The van der Waals surface area contributed by atoms with Gasteiger partial charge in [-0.05, 0) is 55.7 Å². The van der Waals surface area contributed by atoms with Crippen LogP contribution in [-0.4, -0.2) is 19.6 Å². The molecule has 0 saturated heterocycles. The molecule has 0 atom stereocenters. The normalized spacial score (nSPS) is 11.1. The zero-order chi connectivity index (χ0) is 21.0. The average Bonchev–Trinajstić information content (AvgIpc) is 3.07. The lowest BCUT2D eigenvalue weighted by molar-refractivity contribution is 0.262. The van der Waals surface area contributed by atoms with E-state index in [1.807, 2.05) is 32.0 Å². The molecule has 0 fully saturated rings. The molecule has 3 N–H and O–H groups in total. The van der Waals surface area contributed by atoms with E-state index in [-0.39, 0.29) is 10.7 Å². The van der Waals surface area contributed by atoms with Crippen molar-refractivity contribution in [2.75, 3.05) is 15.4 Å². The van der Waals surface area contributed by atoms with Crippen LogP contribution in [0.2, 0.25) is 0 Å². The Morgan fingerprint density at radius 1 is 1.07 bits per heavy atom. The number of urea groups is 1. The van der Waals surface area contributed by atoms with Gasteiger partial charge < -0.3 is 15.2 Å². The highest BCUT2D eigenvalue weighted by Crippen LogP contribution is 2.22. The van der Waals surface area contributed by atoms with Crippen LogP contribution in [-0.2, 0) is 16.4 Å². The molecule has 152 valence electrons. The summed E-state index contributed by atoms with van der Waals surface area (Å²) >= 11 is 0. The van der Waals surface area contributed by atoms with Crippen molar-refractivity contribution >= 4 is 33.2 Å². The topological polar surface area (TPSA) is 113 Å². The van der Waals surface area contributed by atoms with E-state index in [4.69, 9.17) is 4.52 Å². The molecule has 0 aliphatic rings. The molecule has 8 nitrogen and oxygen atoms in total. The van der Waals surface area contributed by atoms with Crippen LogP contribution in [0.3, 0.4) is 0 Å². The van der Waals surface area contributed by atoms with Crippen molar-refractivity contribution in [1.82, 2.24) is 5.16 Å². The Morgan fingerprint density at radius 2 is 1.79 bits per heavy atom. The molecule has 0 unspecified atom stereocenters. The number of benzene rings is 2. The first-order chi connectivity index (χ1) is 13.8. The Balaban J connectivity index is 1.68. The zero-order valence-electron chi connectivity index (χ0n) is 16.3. The van der Waals surface area contributed by atoms with Crippen LogP contribution < -0.4 is 15.4 Å². The standard InChI is InChI=1S/C20H22N4O4S/c1-4-15-7-5-6-13(2)19(15)22-20(25)21-16-8-10-17(11-9-16)29(26,27)24-18-12-14(3)28-23-18/h5-12H,4H2,1-3H3,(H,23,24)(H2,21,22,25). The molecule has 0 bridgehead atoms. The summed E-state index contributed by atoms with van der Waals surface area (Å²) in [6.45, 7) is 5.61. The summed E-state index contributed by atoms with van der Waals surface area (Å²) < 4.78 is 32.0. The second-order valence-electron chi connectivity index (χ2n) is 6.49. The summed E-state index contributed by atoms with van der Waals surface area (Å²) in [5.41, 5.74) is 3.25. The maximum absolute atomic E-state index is 12.4. The Hall–Kier alpha value is -3.33. The van der Waals surface area contributed by atoms with Crippen LogP contribution in [0.1, 0.15) is 23.8 Å². The van der Waals surface area contributed by atoms with E-state index in [2.05, 4.69) is 20.5 Å². The first-order valence-electron chi connectivity index (χ1n) is 9.01. The zero-order valence-corrected chi connectivity index (χ0v) is 17.1. The van der Waals surface area contributed by atoms with Gasteiger partial charge in [0.2, 0.25) is 0 Å². The number of hydrogen-bond donors (Lipinski definition) is 3. The van der Waals surface area contributed by atoms with Gasteiger partial charge in [-0.1, -0.05) is 30.3 Å². The van der Waals surface area contributed by atoms with E-state index in [1.165, 1.54) is 30.3 Å². The molecule has 3 rings (SSSR count). The molecule has 0 radical (unpaired) electrons. The van der Waals surface area contributed by atoms with Crippen molar-refractivity contribution in [3.63, 3.8) is 0 Å². The average molecular weight is 414 g/mol. The summed E-state index contributed by atoms with van der Waals surface area (Å²) in [7, 11) is -3.81. The fraction of sp³-hybridized carbons (Fsp3) is 0.200. The molecule has 0 aliphatic carbocycles. The minimum atomic E-state index is -3.81. The molecule has 9 heteroatoms. The van der Waals surface area contributed by atoms with Crippen LogP contribution in [0.4, 0.5) is 22.0 Å². The number of hydrogen-bond acceptors (Lipinski definition) is 5. The number of nitrogens with one attached hydrogen (secondary N) is 3. The summed E-state index contributed by atoms with van der Waals surface area (Å²) in [4.78, 5) is 12.4. The van der Waals surface area contributed by atoms with Crippen LogP contribution in [0.5, 0.6) is 0 Å². The lowest BCUT2D eigenvalue weighted by Crippen LogP contribution is -2.21. The van der Waals surface area contributed by atoms with Crippen molar-refractivity contribution in [3.8, 4) is 0 Å². The van der Waals surface area contributed by atoms with Crippen molar-refractivity contribution in [1.29, 1.82) is 0 Å². The van der Waals surface area contributed by atoms with Crippen molar-refractivity contribution in [3.05, 3.63) is 65.4 Å². The highest BCUT2D eigenvalue weighted by Gasteiger charge is 2.16. The van der Waals surface area contributed by atoms with E-state index in [0.717, 1.165) is 23.2 Å². The van der Waals surface area contributed by atoms with Gasteiger partial charge in [-0.2, -0.15) is 0 Å². The molecule has 0 spiro atoms. The fourth-order valence-electron chi connectivity index (χ4n) is 2.81. The highest BCUT2D eigenvalue weighted by molar-refractivity contribution is 7.92.